The molecule has 0 aromatic heterocycles. The zero-order valence-electron chi connectivity index (χ0n) is 21.1. The lowest BCUT2D eigenvalue weighted by molar-refractivity contribution is -0.140. The molecule has 35 heavy (non-hydrogen) atoms. The van der Waals surface area contributed by atoms with E-state index >= 15 is 0 Å². The van der Waals surface area contributed by atoms with Crippen LogP contribution in [0.1, 0.15) is 44.7 Å². The first kappa shape index (κ1) is 28.7. The van der Waals surface area contributed by atoms with Gasteiger partial charge in [0.15, 0.2) is 0 Å². The number of nitrogens with one attached hydrogen (secondary N) is 1. The van der Waals surface area contributed by atoms with Gasteiger partial charge in [0.05, 0.1) is 11.9 Å². The van der Waals surface area contributed by atoms with Gasteiger partial charge in [-0.15, -0.1) is 0 Å². The van der Waals surface area contributed by atoms with E-state index in [0.717, 1.165) is 17.4 Å². The molecule has 2 amide bonds. The Balaban J connectivity index is 2.15. The highest BCUT2D eigenvalue weighted by Gasteiger charge is 2.26. The lowest BCUT2D eigenvalue weighted by Crippen LogP contribution is -2.48. The molecule has 0 aliphatic heterocycles. The molecular weight excluding hydrogens is 486 g/mol. The Morgan fingerprint density at radius 1 is 1.06 bits per heavy atom. The summed E-state index contributed by atoms with van der Waals surface area (Å²) >= 11 is 6.04. The summed E-state index contributed by atoms with van der Waals surface area (Å²) in [6.45, 7) is 8.66. The molecule has 0 bridgehead atoms. The first-order valence-corrected chi connectivity index (χ1v) is 14.0. The highest BCUT2D eigenvalue weighted by molar-refractivity contribution is 7.92. The summed E-state index contributed by atoms with van der Waals surface area (Å²) in [5.41, 5.74) is 2.48. The first-order chi connectivity index (χ1) is 16.4. The Morgan fingerprint density at radius 2 is 1.71 bits per heavy atom. The van der Waals surface area contributed by atoms with Crippen LogP contribution in [0, 0.1) is 12.8 Å². The topological polar surface area (TPSA) is 86.8 Å². The van der Waals surface area contributed by atoms with Crippen LogP contribution in [0.4, 0.5) is 5.69 Å². The molecule has 192 valence electrons. The normalized spacial score (nSPS) is 12.3. The van der Waals surface area contributed by atoms with E-state index in [1.807, 2.05) is 45.0 Å². The van der Waals surface area contributed by atoms with Gasteiger partial charge in [-0.2, -0.15) is 0 Å². The minimum absolute atomic E-state index is 0.0975. The number of amides is 2. The van der Waals surface area contributed by atoms with Gasteiger partial charge in [-0.1, -0.05) is 61.3 Å². The summed E-state index contributed by atoms with van der Waals surface area (Å²) in [5, 5.41) is 3.33. The number of carbonyl (C=O) groups is 2. The van der Waals surface area contributed by atoms with Crippen molar-refractivity contribution in [2.45, 2.75) is 53.1 Å². The standard InChI is InChI=1S/C26H36ClN3O4S/c1-19(2)17-28-26(32)21(4)29(18-22-13-11-20(3)12-14-22)25(31)10-7-15-30(35(5,33)34)24-9-6-8-23(27)16-24/h6,8-9,11-14,16,19,21H,7,10,15,17-18H2,1-5H3,(H,28,32). The summed E-state index contributed by atoms with van der Waals surface area (Å²) in [6, 6.07) is 13.8. The molecule has 1 atom stereocenters. The third-order valence-corrected chi connectivity index (χ3v) is 7.00. The van der Waals surface area contributed by atoms with Crippen molar-refractivity contribution in [1.82, 2.24) is 10.2 Å². The molecule has 1 N–H and O–H groups in total. The number of benzene rings is 2. The maximum Gasteiger partial charge on any atom is 0.242 e. The molecule has 0 aliphatic carbocycles. The molecule has 0 fully saturated rings. The predicted molar refractivity (Wildman–Crippen MR) is 142 cm³/mol. The Morgan fingerprint density at radius 3 is 2.29 bits per heavy atom. The molecular formula is C26H36ClN3O4S. The Bertz CT molecular complexity index is 1100. The van der Waals surface area contributed by atoms with Gasteiger partial charge >= 0.3 is 0 Å². The number of hydrogen-bond acceptors (Lipinski definition) is 4. The zero-order chi connectivity index (χ0) is 26.2. The van der Waals surface area contributed by atoms with Crippen molar-refractivity contribution in [3.8, 4) is 0 Å². The summed E-state index contributed by atoms with van der Waals surface area (Å²) in [7, 11) is -3.57. The average molecular weight is 522 g/mol. The fourth-order valence-electron chi connectivity index (χ4n) is 3.56. The van der Waals surface area contributed by atoms with Crippen molar-refractivity contribution in [1.29, 1.82) is 0 Å². The number of carbonyl (C=O) groups excluding carboxylic acids is 2. The van der Waals surface area contributed by atoms with Crippen LogP contribution in [-0.2, 0) is 26.2 Å². The number of hydrogen-bond donors (Lipinski definition) is 1. The van der Waals surface area contributed by atoms with Crippen molar-refractivity contribution in [3.05, 3.63) is 64.7 Å². The molecule has 9 heteroatoms. The van der Waals surface area contributed by atoms with Crippen LogP contribution in [0.3, 0.4) is 0 Å². The molecule has 2 aromatic carbocycles. The SMILES string of the molecule is Cc1ccc(CN(C(=O)CCCN(c2cccc(Cl)c2)S(C)(=O)=O)C(C)C(=O)NCC(C)C)cc1. The minimum Gasteiger partial charge on any atom is -0.354 e. The quantitative estimate of drug-likeness (QED) is 0.449. The Hall–Kier alpha value is -2.58. The van der Waals surface area contributed by atoms with Crippen LogP contribution >= 0.6 is 11.6 Å². The molecule has 7 nitrogen and oxygen atoms in total. The largest absolute Gasteiger partial charge is 0.354 e. The van der Waals surface area contributed by atoms with Gasteiger partial charge in [0.1, 0.15) is 6.04 Å². The molecule has 0 spiro atoms. The van der Waals surface area contributed by atoms with Crippen molar-refractivity contribution in [2.75, 3.05) is 23.7 Å². The van der Waals surface area contributed by atoms with Gasteiger partial charge in [-0.3, -0.25) is 13.9 Å². The van der Waals surface area contributed by atoms with E-state index in [-0.39, 0.29) is 24.8 Å². The fourth-order valence-corrected chi connectivity index (χ4v) is 4.70. The number of nitrogens with zero attached hydrogens (tertiary/aromatic N) is 2. The van der Waals surface area contributed by atoms with E-state index in [0.29, 0.717) is 36.1 Å². The summed E-state index contributed by atoms with van der Waals surface area (Å²) in [4.78, 5) is 27.6. The predicted octanol–water partition coefficient (Wildman–Crippen LogP) is 4.38. The third kappa shape index (κ3) is 9.18. The highest BCUT2D eigenvalue weighted by atomic mass is 35.5. The van der Waals surface area contributed by atoms with Crippen molar-refractivity contribution in [2.24, 2.45) is 5.92 Å². The number of halogens is 1. The van der Waals surface area contributed by atoms with Crippen LogP contribution in [0.15, 0.2) is 48.5 Å². The monoisotopic (exact) mass is 521 g/mol. The summed E-state index contributed by atoms with van der Waals surface area (Å²) < 4.78 is 26.0. The van der Waals surface area contributed by atoms with E-state index in [1.54, 1.807) is 36.1 Å². The molecule has 1 unspecified atom stereocenters. The Kier molecular flexibility index (Phi) is 10.6. The number of anilines is 1. The summed E-state index contributed by atoms with van der Waals surface area (Å²) in [6.07, 6.45) is 1.52. The van der Waals surface area contributed by atoms with Crippen molar-refractivity contribution in [3.63, 3.8) is 0 Å². The second kappa shape index (κ2) is 12.9. The zero-order valence-corrected chi connectivity index (χ0v) is 22.7. The van der Waals surface area contributed by atoms with Crippen LogP contribution in [0.5, 0.6) is 0 Å². The third-order valence-electron chi connectivity index (χ3n) is 5.57. The van der Waals surface area contributed by atoms with Crippen LogP contribution in [0.25, 0.3) is 0 Å². The molecule has 0 saturated carbocycles. The van der Waals surface area contributed by atoms with Crippen molar-refractivity contribution < 1.29 is 18.0 Å². The van der Waals surface area contributed by atoms with Crippen LogP contribution in [0.2, 0.25) is 5.02 Å². The van der Waals surface area contributed by atoms with E-state index in [2.05, 4.69) is 5.32 Å². The van der Waals surface area contributed by atoms with Gasteiger partial charge < -0.3 is 10.2 Å². The number of aryl methyl sites for hydroxylation is 1. The fraction of sp³-hybridized carbons (Fsp3) is 0.462. The van der Waals surface area contributed by atoms with E-state index in [1.165, 1.54) is 4.31 Å². The number of sulfonamides is 1. The molecule has 0 radical (unpaired) electrons. The summed E-state index contributed by atoms with van der Waals surface area (Å²) in [5.74, 6) is -0.131. The highest BCUT2D eigenvalue weighted by Crippen LogP contribution is 2.22. The molecule has 0 aliphatic rings. The van der Waals surface area contributed by atoms with E-state index in [4.69, 9.17) is 11.6 Å². The second-order valence-corrected chi connectivity index (χ2v) is 11.6. The van der Waals surface area contributed by atoms with Gasteiger partial charge in [0.2, 0.25) is 21.8 Å². The van der Waals surface area contributed by atoms with Gasteiger partial charge in [-0.05, 0) is 49.9 Å². The van der Waals surface area contributed by atoms with Crippen LogP contribution in [-0.4, -0.2) is 50.5 Å². The molecule has 0 saturated heterocycles. The van der Waals surface area contributed by atoms with E-state index < -0.39 is 16.1 Å². The number of rotatable bonds is 12. The lowest BCUT2D eigenvalue weighted by Gasteiger charge is -2.29. The first-order valence-electron chi connectivity index (χ1n) is 11.7. The van der Waals surface area contributed by atoms with E-state index in [9.17, 15) is 18.0 Å². The molecule has 2 aromatic rings. The Labute approximate surface area is 214 Å². The van der Waals surface area contributed by atoms with Gasteiger partial charge in [0.25, 0.3) is 0 Å². The average Bonchev–Trinajstić information content (AvgIpc) is 2.78. The van der Waals surface area contributed by atoms with Crippen LogP contribution < -0.4 is 9.62 Å². The minimum atomic E-state index is -3.57. The maximum absolute atomic E-state index is 13.3. The van der Waals surface area contributed by atoms with Crippen molar-refractivity contribution >= 4 is 39.1 Å². The second-order valence-electron chi connectivity index (χ2n) is 9.24. The van der Waals surface area contributed by atoms with Gasteiger partial charge in [0, 0.05) is 31.1 Å². The smallest absolute Gasteiger partial charge is 0.242 e. The molecule has 0 heterocycles. The van der Waals surface area contributed by atoms with Gasteiger partial charge in [-0.25, -0.2) is 8.42 Å². The molecule has 2 rings (SSSR count). The lowest BCUT2D eigenvalue weighted by atomic mass is 10.1. The maximum atomic E-state index is 13.3.